The molecule has 276 valence electrons. The lowest BCUT2D eigenvalue weighted by atomic mass is 9.87. The molecular formula is C39H64N4O6. The Balaban J connectivity index is 1.40. The first kappa shape index (κ1) is 38.9. The van der Waals surface area contributed by atoms with Gasteiger partial charge in [-0.3, -0.25) is 9.69 Å². The number of hydrogen-bond acceptors (Lipinski definition) is 7. The molecule has 3 fully saturated rings. The van der Waals surface area contributed by atoms with Gasteiger partial charge in [-0.05, 0) is 75.9 Å². The fourth-order valence-corrected chi connectivity index (χ4v) is 7.54. The number of nitrogens with one attached hydrogen (secondary N) is 1. The SMILES string of the molecule is C/C(=C\C=C\[C@@H](C)CNC(=O)N1CCCC1)[C@H]1OC(=O)C[C@H](C)CC[C@@](C)(O)[C@@H](OC(=O)N2CCN(C3CCCCCC3)CC2)/C=C/[C@@H]1C. The van der Waals surface area contributed by atoms with Crippen LogP contribution >= 0.6 is 0 Å². The number of carbonyl (C=O) groups is 3. The Morgan fingerprint density at radius 2 is 1.67 bits per heavy atom. The number of piperazine rings is 1. The van der Waals surface area contributed by atoms with Gasteiger partial charge >= 0.3 is 18.1 Å². The van der Waals surface area contributed by atoms with Crippen LogP contribution < -0.4 is 5.32 Å². The van der Waals surface area contributed by atoms with Gasteiger partial charge in [0.05, 0.1) is 0 Å². The smallest absolute Gasteiger partial charge is 0.410 e. The lowest BCUT2D eigenvalue weighted by molar-refractivity contribution is -0.150. The van der Waals surface area contributed by atoms with Gasteiger partial charge in [0.15, 0.2) is 6.10 Å². The molecule has 4 aliphatic rings. The Morgan fingerprint density at radius 1 is 1.00 bits per heavy atom. The van der Waals surface area contributed by atoms with Crippen LogP contribution in [0, 0.1) is 17.8 Å². The number of rotatable bonds is 7. The first-order valence-electron chi connectivity index (χ1n) is 19.1. The maximum absolute atomic E-state index is 13.5. The predicted octanol–water partition coefficient (Wildman–Crippen LogP) is 6.45. The van der Waals surface area contributed by atoms with Crippen molar-refractivity contribution in [3.63, 3.8) is 0 Å². The van der Waals surface area contributed by atoms with Crippen molar-refractivity contribution in [1.29, 1.82) is 0 Å². The van der Waals surface area contributed by atoms with E-state index >= 15 is 0 Å². The number of carbonyl (C=O) groups excluding carboxylic acids is 3. The van der Waals surface area contributed by atoms with E-state index in [1.807, 2.05) is 50.0 Å². The minimum atomic E-state index is -1.30. The molecule has 10 heteroatoms. The summed E-state index contributed by atoms with van der Waals surface area (Å²) < 4.78 is 12.1. The van der Waals surface area contributed by atoms with Crippen LogP contribution in [0.4, 0.5) is 9.59 Å². The van der Waals surface area contributed by atoms with E-state index in [1.165, 1.54) is 38.5 Å². The van der Waals surface area contributed by atoms with Gasteiger partial charge < -0.3 is 29.7 Å². The van der Waals surface area contributed by atoms with E-state index in [4.69, 9.17) is 9.47 Å². The molecule has 3 amide bonds. The van der Waals surface area contributed by atoms with E-state index in [0.717, 1.165) is 44.6 Å². The summed E-state index contributed by atoms with van der Waals surface area (Å²) in [5.74, 6) is -0.378. The zero-order valence-corrected chi connectivity index (χ0v) is 30.9. The Kier molecular flexibility index (Phi) is 15.1. The number of amides is 3. The Morgan fingerprint density at radius 3 is 2.35 bits per heavy atom. The third kappa shape index (κ3) is 12.2. The Hall–Kier alpha value is -2.85. The number of nitrogens with zero attached hydrogens (tertiary/aromatic N) is 3. The summed E-state index contributed by atoms with van der Waals surface area (Å²) >= 11 is 0. The van der Waals surface area contributed by atoms with E-state index in [-0.39, 0.29) is 36.2 Å². The highest BCUT2D eigenvalue weighted by molar-refractivity contribution is 5.74. The molecule has 10 nitrogen and oxygen atoms in total. The summed E-state index contributed by atoms with van der Waals surface area (Å²) in [6.07, 6.45) is 18.9. The van der Waals surface area contributed by atoms with Crippen molar-refractivity contribution >= 4 is 18.1 Å². The summed E-state index contributed by atoms with van der Waals surface area (Å²) in [4.78, 5) is 45.0. The standard InChI is InChI=1S/C39H64N4O6/c1-29-19-20-39(5,47)34(48-38(46)43-25-23-41(24-26-43)33-15-8-6-7-9-16-33)18-17-32(4)36(49-35(44)27-29)31(3)14-12-13-30(2)28-40-37(45)42-21-10-11-22-42/h12-14,17-18,29-30,32-34,36,47H,6-11,15-16,19-28H2,1-5H3,(H,40,45)/b13-12+,18-17+,31-14+/t29-,30-,32+,34+,36-,39-/m1/s1. The van der Waals surface area contributed by atoms with Crippen molar-refractivity contribution in [2.45, 2.75) is 129 Å². The van der Waals surface area contributed by atoms with Crippen LogP contribution in [0.3, 0.4) is 0 Å². The van der Waals surface area contributed by atoms with E-state index in [9.17, 15) is 19.5 Å². The molecule has 49 heavy (non-hydrogen) atoms. The van der Waals surface area contributed by atoms with Crippen LogP contribution in [0.15, 0.2) is 36.0 Å². The highest BCUT2D eigenvalue weighted by Gasteiger charge is 2.37. The van der Waals surface area contributed by atoms with Gasteiger partial charge in [-0.2, -0.15) is 0 Å². The van der Waals surface area contributed by atoms with Crippen LogP contribution in [0.5, 0.6) is 0 Å². The molecule has 3 heterocycles. The number of urea groups is 1. The minimum absolute atomic E-state index is 0.00465. The van der Waals surface area contributed by atoms with Gasteiger partial charge in [0, 0.05) is 64.2 Å². The van der Waals surface area contributed by atoms with Crippen LogP contribution in [0.25, 0.3) is 0 Å². The molecule has 1 saturated carbocycles. The zero-order chi connectivity index (χ0) is 35.4. The average molecular weight is 685 g/mol. The summed E-state index contributed by atoms with van der Waals surface area (Å²) in [6.45, 7) is 14.8. The van der Waals surface area contributed by atoms with Gasteiger partial charge in [-0.15, -0.1) is 0 Å². The lowest BCUT2D eigenvalue weighted by Gasteiger charge is -2.40. The molecule has 0 spiro atoms. The molecule has 3 aliphatic heterocycles. The number of aliphatic hydroxyl groups is 1. The minimum Gasteiger partial charge on any atom is -0.457 e. The van der Waals surface area contributed by atoms with Gasteiger partial charge in [0.25, 0.3) is 0 Å². The first-order chi connectivity index (χ1) is 23.4. The molecule has 2 saturated heterocycles. The molecule has 0 bridgehead atoms. The van der Waals surface area contributed by atoms with Crippen molar-refractivity contribution < 1.29 is 29.0 Å². The van der Waals surface area contributed by atoms with Gasteiger partial charge in [0.2, 0.25) is 0 Å². The van der Waals surface area contributed by atoms with Crippen LogP contribution in [-0.4, -0.2) is 108 Å². The number of cyclic esters (lactones) is 1. The fraction of sp³-hybridized carbons (Fsp3) is 0.769. The molecule has 1 aliphatic carbocycles. The average Bonchev–Trinajstić information content (AvgIpc) is 3.49. The maximum atomic E-state index is 13.5. The number of ether oxygens (including phenoxy) is 2. The number of allylic oxidation sites excluding steroid dienone is 2. The second-order valence-corrected chi connectivity index (χ2v) is 15.5. The summed E-state index contributed by atoms with van der Waals surface area (Å²) in [6, 6.07) is 0.611. The summed E-state index contributed by atoms with van der Waals surface area (Å²) in [5.41, 5.74) is -0.416. The quantitative estimate of drug-likeness (QED) is 0.137. The molecule has 4 rings (SSSR count). The van der Waals surface area contributed by atoms with Crippen molar-refractivity contribution in [3.05, 3.63) is 36.0 Å². The topological polar surface area (TPSA) is 112 Å². The summed E-state index contributed by atoms with van der Waals surface area (Å²) in [7, 11) is 0. The first-order valence-corrected chi connectivity index (χ1v) is 19.1. The van der Waals surface area contributed by atoms with E-state index in [1.54, 1.807) is 17.9 Å². The van der Waals surface area contributed by atoms with Gasteiger partial charge in [0.1, 0.15) is 11.7 Å². The zero-order valence-electron chi connectivity index (χ0n) is 30.9. The van der Waals surface area contributed by atoms with E-state index in [2.05, 4.69) is 17.1 Å². The normalized spacial score (nSPS) is 31.7. The highest BCUT2D eigenvalue weighted by atomic mass is 16.6. The third-order valence-corrected chi connectivity index (χ3v) is 11.0. The van der Waals surface area contributed by atoms with E-state index in [0.29, 0.717) is 38.5 Å². The van der Waals surface area contributed by atoms with Gasteiger partial charge in [-0.1, -0.05) is 70.8 Å². The van der Waals surface area contributed by atoms with Crippen molar-refractivity contribution in [2.75, 3.05) is 45.8 Å². The molecule has 0 radical (unpaired) electrons. The monoisotopic (exact) mass is 684 g/mol. The highest BCUT2D eigenvalue weighted by Crippen LogP contribution is 2.29. The number of esters is 1. The predicted molar refractivity (Wildman–Crippen MR) is 193 cm³/mol. The van der Waals surface area contributed by atoms with E-state index < -0.39 is 23.9 Å². The Labute approximate surface area is 295 Å². The van der Waals surface area contributed by atoms with Crippen LogP contribution in [-0.2, 0) is 14.3 Å². The largest absolute Gasteiger partial charge is 0.457 e. The second kappa shape index (κ2) is 18.9. The second-order valence-electron chi connectivity index (χ2n) is 15.5. The molecule has 0 aromatic carbocycles. The molecule has 6 atom stereocenters. The van der Waals surface area contributed by atoms with Crippen molar-refractivity contribution in [1.82, 2.24) is 20.0 Å². The molecule has 0 aromatic rings. The molecule has 0 unspecified atom stereocenters. The third-order valence-electron chi connectivity index (χ3n) is 11.0. The maximum Gasteiger partial charge on any atom is 0.410 e. The Bertz CT molecular complexity index is 1160. The van der Waals surface area contributed by atoms with Gasteiger partial charge in [-0.25, -0.2) is 9.59 Å². The molecule has 2 N–H and O–H groups in total. The van der Waals surface area contributed by atoms with Crippen molar-refractivity contribution in [3.8, 4) is 0 Å². The van der Waals surface area contributed by atoms with Crippen molar-refractivity contribution in [2.24, 2.45) is 17.8 Å². The lowest BCUT2D eigenvalue weighted by Crippen LogP contribution is -2.53. The number of hydrogen-bond donors (Lipinski definition) is 2. The molecular weight excluding hydrogens is 620 g/mol. The van der Waals surface area contributed by atoms with Crippen LogP contribution in [0.1, 0.15) is 105 Å². The molecule has 0 aromatic heterocycles. The fourth-order valence-electron chi connectivity index (χ4n) is 7.54. The van der Waals surface area contributed by atoms with Crippen LogP contribution in [0.2, 0.25) is 0 Å². The number of likely N-dealkylation sites (tertiary alicyclic amines) is 1. The summed E-state index contributed by atoms with van der Waals surface area (Å²) in [5, 5.41) is 14.7.